The van der Waals surface area contributed by atoms with Crippen molar-refractivity contribution in [1.29, 1.82) is 0 Å². The van der Waals surface area contributed by atoms with Crippen molar-refractivity contribution in [3.63, 3.8) is 0 Å². The first-order chi connectivity index (χ1) is 20.0. The van der Waals surface area contributed by atoms with E-state index >= 15 is 0 Å². The van der Waals surface area contributed by atoms with Crippen molar-refractivity contribution in [3.05, 3.63) is 11.3 Å². The number of nitrogens with one attached hydrogen (secondary N) is 2. The summed E-state index contributed by atoms with van der Waals surface area (Å²) < 4.78 is 0. The van der Waals surface area contributed by atoms with Crippen molar-refractivity contribution in [2.45, 2.75) is 123 Å². The summed E-state index contributed by atoms with van der Waals surface area (Å²) in [4.78, 5) is 40.4. The number of carbonyl (C=O) groups excluding carboxylic acids is 3. The molecule has 6 rings (SSSR count). The Labute approximate surface area is 256 Å². The smallest absolute Gasteiger partial charge is 0.268 e. The summed E-state index contributed by atoms with van der Waals surface area (Å²) in [5.74, 6) is 4.52. The van der Waals surface area contributed by atoms with Gasteiger partial charge in [0.25, 0.3) is 11.8 Å². The number of likely N-dealkylation sites (N-methyl/N-ethyl adjacent to an activating group) is 1. The third kappa shape index (κ3) is 4.85. The molecule has 11 atom stereocenters. The monoisotopic (exact) mass is 599 g/mol. The van der Waals surface area contributed by atoms with Crippen LogP contribution in [0.3, 0.4) is 0 Å². The molecule has 42 heavy (non-hydrogen) atoms. The molecule has 7 nitrogen and oxygen atoms in total. The van der Waals surface area contributed by atoms with Crippen LogP contribution in [0.25, 0.3) is 0 Å². The number of carbonyl (C=O) groups is 3. The third-order valence-corrected chi connectivity index (χ3v) is 14.7. The van der Waals surface area contributed by atoms with Crippen LogP contribution in [-0.2, 0) is 14.4 Å². The minimum absolute atomic E-state index is 0.0413. The van der Waals surface area contributed by atoms with Crippen molar-refractivity contribution in [1.82, 2.24) is 15.5 Å². The van der Waals surface area contributed by atoms with E-state index in [1.54, 1.807) is 16.7 Å². The van der Waals surface area contributed by atoms with Gasteiger partial charge in [0.15, 0.2) is 0 Å². The number of aliphatic hydroxyl groups is 1. The molecule has 4 aliphatic carbocycles. The maximum absolute atomic E-state index is 13.1. The van der Waals surface area contributed by atoms with Crippen molar-refractivity contribution in [2.24, 2.45) is 46.3 Å². The first kappa shape index (κ1) is 30.5. The lowest BCUT2D eigenvalue weighted by atomic mass is 9.44. The predicted octanol–water partition coefficient (Wildman–Crippen LogP) is 5.23. The largest absolute Gasteiger partial charge is 0.393 e. The summed E-state index contributed by atoms with van der Waals surface area (Å²) in [7, 11) is 0. The van der Waals surface area contributed by atoms with Crippen LogP contribution in [0.1, 0.15) is 105 Å². The lowest BCUT2D eigenvalue weighted by Crippen LogP contribution is -2.70. The highest BCUT2D eigenvalue weighted by Gasteiger charge is 2.60. The lowest BCUT2D eigenvalue weighted by Gasteiger charge is -2.61. The second kappa shape index (κ2) is 11.4. The SMILES string of the molecule is CCNC(=O)C1=C(C)CSC2C(NC(=O)CCC(C)C3CCC4C5CCC6CC(O)CCC6(C)C5CCC34C)C(=O)N12. The van der Waals surface area contributed by atoms with E-state index in [-0.39, 0.29) is 29.2 Å². The molecule has 5 fully saturated rings. The number of nitrogens with zero attached hydrogens (tertiary/aromatic N) is 1. The zero-order valence-electron chi connectivity index (χ0n) is 26.4. The van der Waals surface area contributed by atoms with Gasteiger partial charge in [-0.2, -0.15) is 0 Å². The van der Waals surface area contributed by atoms with Crippen molar-refractivity contribution >= 4 is 29.5 Å². The summed E-state index contributed by atoms with van der Waals surface area (Å²) in [6.07, 6.45) is 12.3. The van der Waals surface area contributed by atoms with E-state index in [0.717, 1.165) is 42.6 Å². The maximum Gasteiger partial charge on any atom is 0.268 e. The van der Waals surface area contributed by atoms with E-state index in [0.29, 0.717) is 53.0 Å². The van der Waals surface area contributed by atoms with Gasteiger partial charge in [0, 0.05) is 18.7 Å². The van der Waals surface area contributed by atoms with Gasteiger partial charge in [-0.3, -0.25) is 19.3 Å². The Morgan fingerprint density at radius 1 is 1.07 bits per heavy atom. The normalized spacial score (nSPS) is 43.4. The van der Waals surface area contributed by atoms with Gasteiger partial charge in [-0.25, -0.2) is 0 Å². The van der Waals surface area contributed by atoms with Crippen LogP contribution in [0.15, 0.2) is 11.3 Å². The number of aliphatic hydroxyl groups excluding tert-OH is 1. The average molecular weight is 600 g/mol. The lowest BCUT2D eigenvalue weighted by molar-refractivity contribution is -0.147. The highest BCUT2D eigenvalue weighted by atomic mass is 32.2. The van der Waals surface area contributed by atoms with Crippen LogP contribution >= 0.6 is 11.8 Å². The molecule has 2 aliphatic heterocycles. The summed E-state index contributed by atoms with van der Waals surface area (Å²) in [6, 6.07) is -0.545. The molecule has 0 aromatic heterocycles. The van der Waals surface area contributed by atoms with Gasteiger partial charge in [-0.05, 0) is 130 Å². The molecule has 3 N–H and O–H groups in total. The van der Waals surface area contributed by atoms with E-state index in [4.69, 9.17) is 0 Å². The minimum Gasteiger partial charge on any atom is -0.393 e. The highest BCUT2D eigenvalue weighted by molar-refractivity contribution is 8.00. The van der Waals surface area contributed by atoms with E-state index in [1.165, 1.54) is 44.9 Å². The van der Waals surface area contributed by atoms with Crippen LogP contribution in [-0.4, -0.2) is 57.5 Å². The number of rotatable bonds is 7. The van der Waals surface area contributed by atoms with Gasteiger partial charge in [0.1, 0.15) is 17.1 Å². The van der Waals surface area contributed by atoms with E-state index in [2.05, 4.69) is 31.4 Å². The predicted molar refractivity (Wildman–Crippen MR) is 166 cm³/mol. The Bertz CT molecular complexity index is 1140. The number of fused-ring (bicyclic) bond motifs is 6. The van der Waals surface area contributed by atoms with Crippen LogP contribution in [0.4, 0.5) is 0 Å². The summed E-state index contributed by atoms with van der Waals surface area (Å²) in [5.41, 5.74) is 2.14. The molecule has 2 heterocycles. The average Bonchev–Trinajstić information content (AvgIpc) is 3.32. The molecule has 234 valence electrons. The summed E-state index contributed by atoms with van der Waals surface area (Å²) in [5, 5.41) is 16.0. The van der Waals surface area contributed by atoms with Gasteiger partial charge >= 0.3 is 0 Å². The first-order valence-electron chi connectivity index (χ1n) is 16.9. The van der Waals surface area contributed by atoms with Crippen molar-refractivity contribution < 1.29 is 19.5 Å². The molecular formula is C34H53N3O4S. The molecule has 1 saturated heterocycles. The van der Waals surface area contributed by atoms with Crippen LogP contribution in [0, 0.1) is 46.3 Å². The Balaban J connectivity index is 1.04. The topological polar surface area (TPSA) is 98.7 Å². The molecule has 8 heteroatoms. The van der Waals surface area contributed by atoms with Crippen molar-refractivity contribution in [3.8, 4) is 0 Å². The van der Waals surface area contributed by atoms with Gasteiger partial charge in [0.2, 0.25) is 5.91 Å². The second-order valence-corrected chi connectivity index (χ2v) is 16.4. The zero-order valence-corrected chi connectivity index (χ0v) is 27.2. The van der Waals surface area contributed by atoms with E-state index < -0.39 is 6.04 Å². The molecule has 0 radical (unpaired) electrons. The molecule has 3 amide bonds. The van der Waals surface area contributed by atoms with Crippen LogP contribution < -0.4 is 10.6 Å². The molecule has 0 bridgehead atoms. The highest BCUT2D eigenvalue weighted by Crippen LogP contribution is 2.68. The fourth-order valence-corrected chi connectivity index (χ4v) is 12.3. The second-order valence-electron chi connectivity index (χ2n) is 15.3. The van der Waals surface area contributed by atoms with E-state index in [1.807, 2.05) is 13.8 Å². The summed E-state index contributed by atoms with van der Waals surface area (Å²) >= 11 is 1.63. The number of hydrogen-bond acceptors (Lipinski definition) is 5. The van der Waals surface area contributed by atoms with Gasteiger partial charge in [-0.1, -0.05) is 20.8 Å². The quantitative estimate of drug-likeness (QED) is 0.348. The standard InChI is InChI=1S/C34H53N3O4S/c1-6-35-30(40)29-20(3)18-42-32-28(31(41)37(29)32)36-27(39)12-7-19(2)24-10-11-25-23-9-8-21-17-22(38)13-15-33(21,4)26(23)14-16-34(24,25)5/h19,21-26,28,32,38H,6-18H2,1-5H3,(H,35,40)(H,36,39). The fourth-order valence-electron chi connectivity index (χ4n) is 11.1. The van der Waals surface area contributed by atoms with Gasteiger partial charge < -0.3 is 15.7 Å². The third-order valence-electron chi connectivity index (χ3n) is 13.3. The Hall–Kier alpha value is -1.54. The molecule has 11 unspecified atom stereocenters. The molecular weight excluding hydrogens is 546 g/mol. The number of β-lactam (4-membered cyclic amide) rings is 1. The molecule has 0 aromatic carbocycles. The van der Waals surface area contributed by atoms with Gasteiger partial charge in [-0.15, -0.1) is 11.8 Å². The fraction of sp³-hybridized carbons (Fsp3) is 0.853. The molecule has 6 aliphatic rings. The van der Waals surface area contributed by atoms with Crippen molar-refractivity contribution in [2.75, 3.05) is 12.3 Å². The molecule has 4 saturated carbocycles. The zero-order chi connectivity index (χ0) is 30.0. The minimum atomic E-state index is -0.545. The Morgan fingerprint density at radius 3 is 2.57 bits per heavy atom. The number of amides is 3. The maximum atomic E-state index is 13.1. The van der Waals surface area contributed by atoms with Crippen LogP contribution in [0.2, 0.25) is 0 Å². The number of hydrogen-bond donors (Lipinski definition) is 3. The molecule has 0 spiro atoms. The molecule has 0 aromatic rings. The Morgan fingerprint density at radius 2 is 1.81 bits per heavy atom. The van der Waals surface area contributed by atoms with Crippen LogP contribution in [0.5, 0.6) is 0 Å². The number of thioether (sulfide) groups is 1. The van der Waals surface area contributed by atoms with Gasteiger partial charge in [0.05, 0.1) is 6.10 Å². The van der Waals surface area contributed by atoms with E-state index in [9.17, 15) is 19.5 Å². The Kier molecular flexibility index (Phi) is 8.30. The first-order valence-corrected chi connectivity index (χ1v) is 17.9. The summed E-state index contributed by atoms with van der Waals surface area (Å²) in [6.45, 7) is 11.8.